The molecule has 0 bridgehead atoms. The summed E-state index contributed by atoms with van der Waals surface area (Å²) in [7, 11) is -4.10. The van der Waals surface area contributed by atoms with Gasteiger partial charge in [0.15, 0.2) is 0 Å². The average molecular weight is 224 g/mol. The van der Waals surface area contributed by atoms with Gasteiger partial charge >= 0.3 is 6.61 Å². The maximum atomic E-state index is 11.8. The fourth-order valence-electron chi connectivity index (χ4n) is 0.765. The minimum atomic E-state index is -4.10. The second-order valence-corrected chi connectivity index (χ2v) is 3.76. The Morgan fingerprint density at radius 1 is 1.50 bits per heavy atom. The van der Waals surface area contributed by atoms with Crippen LogP contribution in [0, 0.1) is 0 Å². The van der Waals surface area contributed by atoms with Crippen molar-refractivity contribution >= 4 is 10.0 Å². The van der Waals surface area contributed by atoms with E-state index in [1.165, 1.54) is 6.07 Å². The van der Waals surface area contributed by atoms with E-state index in [2.05, 4.69) is 9.72 Å². The SMILES string of the molecule is NS(=O)(=O)c1cccnc1OC(F)F. The van der Waals surface area contributed by atoms with Gasteiger partial charge < -0.3 is 4.74 Å². The number of ether oxygens (including phenoxy) is 1. The Morgan fingerprint density at radius 2 is 2.14 bits per heavy atom. The highest BCUT2D eigenvalue weighted by Gasteiger charge is 2.18. The van der Waals surface area contributed by atoms with E-state index in [1.807, 2.05) is 0 Å². The van der Waals surface area contributed by atoms with E-state index in [1.54, 1.807) is 0 Å². The number of hydrogen-bond acceptors (Lipinski definition) is 4. The highest BCUT2D eigenvalue weighted by Crippen LogP contribution is 2.20. The predicted octanol–water partition coefficient (Wildman–Crippen LogP) is 0.330. The van der Waals surface area contributed by atoms with Crippen LogP contribution in [0.4, 0.5) is 8.78 Å². The van der Waals surface area contributed by atoms with Gasteiger partial charge in [-0.2, -0.15) is 8.78 Å². The summed E-state index contributed by atoms with van der Waals surface area (Å²) >= 11 is 0. The first-order chi connectivity index (χ1) is 6.41. The molecule has 0 aliphatic carbocycles. The third-order valence-electron chi connectivity index (χ3n) is 1.24. The number of rotatable bonds is 3. The monoisotopic (exact) mass is 224 g/mol. The second-order valence-electron chi connectivity index (χ2n) is 2.23. The summed E-state index contributed by atoms with van der Waals surface area (Å²) in [6.07, 6.45) is 1.12. The Balaban J connectivity index is 3.17. The van der Waals surface area contributed by atoms with Crippen molar-refractivity contribution in [1.29, 1.82) is 0 Å². The number of hydrogen-bond donors (Lipinski definition) is 1. The van der Waals surface area contributed by atoms with E-state index in [0.29, 0.717) is 0 Å². The van der Waals surface area contributed by atoms with Crippen LogP contribution in [0.3, 0.4) is 0 Å². The smallest absolute Gasteiger partial charge is 0.388 e. The highest BCUT2D eigenvalue weighted by atomic mass is 32.2. The van der Waals surface area contributed by atoms with E-state index in [9.17, 15) is 17.2 Å². The van der Waals surface area contributed by atoms with Crippen molar-refractivity contribution in [3.05, 3.63) is 18.3 Å². The van der Waals surface area contributed by atoms with Gasteiger partial charge in [-0.1, -0.05) is 0 Å². The lowest BCUT2D eigenvalue weighted by molar-refractivity contribution is -0.0548. The zero-order valence-electron chi connectivity index (χ0n) is 6.72. The summed E-state index contributed by atoms with van der Waals surface area (Å²) in [5, 5.41) is 4.74. The van der Waals surface area contributed by atoms with Crippen LogP contribution in [-0.4, -0.2) is 20.0 Å². The topological polar surface area (TPSA) is 82.3 Å². The fourth-order valence-corrected chi connectivity index (χ4v) is 1.38. The van der Waals surface area contributed by atoms with E-state index >= 15 is 0 Å². The van der Waals surface area contributed by atoms with Gasteiger partial charge in [0.1, 0.15) is 4.90 Å². The number of aromatic nitrogens is 1. The molecule has 0 radical (unpaired) electrons. The van der Waals surface area contributed by atoms with Crippen LogP contribution in [0.25, 0.3) is 0 Å². The van der Waals surface area contributed by atoms with E-state index in [-0.39, 0.29) is 0 Å². The van der Waals surface area contributed by atoms with Crippen LogP contribution in [0.5, 0.6) is 5.88 Å². The summed E-state index contributed by atoms with van der Waals surface area (Å²) in [5.74, 6) is -0.704. The normalized spacial score (nSPS) is 11.7. The molecule has 0 atom stereocenters. The van der Waals surface area contributed by atoms with Gasteiger partial charge in [0.2, 0.25) is 15.9 Å². The summed E-state index contributed by atoms with van der Waals surface area (Å²) in [6.45, 7) is -3.15. The quantitative estimate of drug-likeness (QED) is 0.802. The molecule has 0 amide bonds. The average Bonchev–Trinajstić information content (AvgIpc) is 2.01. The van der Waals surface area contributed by atoms with Crippen molar-refractivity contribution in [1.82, 2.24) is 4.98 Å². The van der Waals surface area contributed by atoms with Crippen molar-refractivity contribution in [3.8, 4) is 5.88 Å². The Morgan fingerprint density at radius 3 is 2.64 bits per heavy atom. The third-order valence-corrected chi connectivity index (χ3v) is 2.17. The van der Waals surface area contributed by atoms with Crippen molar-refractivity contribution in [2.24, 2.45) is 5.14 Å². The van der Waals surface area contributed by atoms with Crippen LogP contribution in [0.15, 0.2) is 23.2 Å². The Hall–Kier alpha value is -1.28. The molecule has 0 fully saturated rings. The molecule has 0 saturated carbocycles. The third kappa shape index (κ3) is 2.60. The number of halogens is 2. The molecule has 1 aromatic heterocycles. The maximum absolute atomic E-state index is 11.8. The molecule has 1 heterocycles. The van der Waals surface area contributed by atoms with E-state index in [0.717, 1.165) is 12.3 Å². The van der Waals surface area contributed by atoms with Crippen LogP contribution >= 0.6 is 0 Å². The molecule has 1 rings (SSSR count). The molecule has 14 heavy (non-hydrogen) atoms. The Kier molecular flexibility index (Phi) is 2.96. The second kappa shape index (κ2) is 3.84. The molecule has 8 heteroatoms. The molecule has 0 unspecified atom stereocenters. The fraction of sp³-hybridized carbons (Fsp3) is 0.167. The van der Waals surface area contributed by atoms with E-state index < -0.39 is 27.4 Å². The summed E-state index contributed by atoms with van der Waals surface area (Å²) in [5.41, 5.74) is 0. The minimum absolute atomic E-state index is 0.569. The standard InChI is InChI=1S/C6H6F2N2O3S/c7-6(8)13-5-4(14(9,11)12)2-1-3-10-5/h1-3,6H,(H2,9,11,12). The van der Waals surface area contributed by atoms with Gasteiger partial charge in [0, 0.05) is 6.20 Å². The van der Waals surface area contributed by atoms with Crippen molar-refractivity contribution in [2.45, 2.75) is 11.5 Å². The molecule has 78 valence electrons. The summed E-state index contributed by atoms with van der Waals surface area (Å²) in [4.78, 5) is 2.75. The van der Waals surface area contributed by atoms with Crippen LogP contribution in [-0.2, 0) is 10.0 Å². The van der Waals surface area contributed by atoms with Crippen molar-refractivity contribution in [3.63, 3.8) is 0 Å². The first-order valence-electron chi connectivity index (χ1n) is 3.34. The Labute approximate surface area is 78.6 Å². The summed E-state index contributed by atoms with van der Waals surface area (Å²) in [6, 6.07) is 2.28. The molecule has 5 nitrogen and oxygen atoms in total. The van der Waals surface area contributed by atoms with Crippen molar-refractivity contribution < 1.29 is 21.9 Å². The van der Waals surface area contributed by atoms with E-state index in [4.69, 9.17) is 5.14 Å². The predicted molar refractivity (Wildman–Crippen MR) is 42.2 cm³/mol. The minimum Gasteiger partial charge on any atom is -0.415 e. The number of sulfonamides is 1. The Bertz CT molecular complexity index is 421. The summed E-state index contributed by atoms with van der Waals surface area (Å²) < 4.78 is 49.1. The van der Waals surface area contributed by atoms with Gasteiger partial charge in [-0.05, 0) is 12.1 Å². The molecular weight excluding hydrogens is 218 g/mol. The number of alkyl halides is 2. The molecule has 2 N–H and O–H groups in total. The number of nitrogens with zero attached hydrogens (tertiary/aromatic N) is 1. The van der Waals surface area contributed by atoms with Gasteiger partial charge in [-0.25, -0.2) is 18.5 Å². The molecular formula is C6H6F2N2O3S. The molecule has 0 aromatic carbocycles. The number of nitrogens with two attached hydrogens (primary N) is 1. The maximum Gasteiger partial charge on any atom is 0.388 e. The van der Waals surface area contributed by atoms with Gasteiger partial charge in [-0.15, -0.1) is 0 Å². The molecule has 0 aliphatic rings. The zero-order valence-corrected chi connectivity index (χ0v) is 7.54. The molecule has 0 saturated heterocycles. The van der Waals surface area contributed by atoms with Crippen LogP contribution < -0.4 is 9.88 Å². The number of primary sulfonamides is 1. The van der Waals surface area contributed by atoms with Crippen molar-refractivity contribution in [2.75, 3.05) is 0 Å². The molecule has 1 aromatic rings. The van der Waals surface area contributed by atoms with Gasteiger partial charge in [0.05, 0.1) is 0 Å². The first-order valence-corrected chi connectivity index (χ1v) is 4.88. The lowest BCUT2D eigenvalue weighted by Gasteiger charge is -2.06. The number of pyridine rings is 1. The zero-order chi connectivity index (χ0) is 10.8. The van der Waals surface area contributed by atoms with Gasteiger partial charge in [0.25, 0.3) is 0 Å². The highest BCUT2D eigenvalue weighted by molar-refractivity contribution is 7.89. The molecule has 0 aliphatic heterocycles. The first kappa shape index (κ1) is 10.8. The van der Waals surface area contributed by atoms with Gasteiger partial charge in [-0.3, -0.25) is 0 Å². The lowest BCUT2D eigenvalue weighted by atomic mass is 10.5. The molecule has 0 spiro atoms. The van der Waals surface area contributed by atoms with Crippen LogP contribution in [0.1, 0.15) is 0 Å². The lowest BCUT2D eigenvalue weighted by Crippen LogP contribution is -2.15. The van der Waals surface area contributed by atoms with Crippen LogP contribution in [0.2, 0.25) is 0 Å². The largest absolute Gasteiger partial charge is 0.415 e.